The number of methoxy groups -OCH3 is 2. The lowest BCUT2D eigenvalue weighted by molar-refractivity contribution is 0.0945. The minimum Gasteiger partial charge on any atom is -0.495 e. The van der Waals surface area contributed by atoms with Crippen molar-refractivity contribution in [3.8, 4) is 11.6 Å². The largest absolute Gasteiger partial charge is 0.495 e. The maximum absolute atomic E-state index is 12.7. The Morgan fingerprint density at radius 1 is 1.17 bits per heavy atom. The quantitative estimate of drug-likeness (QED) is 0.487. The van der Waals surface area contributed by atoms with Gasteiger partial charge >= 0.3 is 0 Å². The van der Waals surface area contributed by atoms with Gasteiger partial charge in [0.2, 0.25) is 5.88 Å². The first-order valence-corrected chi connectivity index (χ1v) is 9.23. The molecule has 8 heteroatoms. The van der Waals surface area contributed by atoms with Crippen LogP contribution in [0.1, 0.15) is 27.4 Å². The van der Waals surface area contributed by atoms with Crippen LogP contribution in [0.2, 0.25) is 0 Å². The molecular formula is C22H20N4O4. The minimum atomic E-state index is -0.263. The van der Waals surface area contributed by atoms with Gasteiger partial charge in [-0.25, -0.2) is 4.98 Å². The normalized spacial score (nSPS) is 11.1. The lowest BCUT2D eigenvalue weighted by Gasteiger charge is -2.10. The van der Waals surface area contributed by atoms with Crippen LogP contribution in [0, 0.1) is 0 Å². The molecule has 4 aromatic rings. The van der Waals surface area contributed by atoms with E-state index in [4.69, 9.17) is 13.9 Å². The van der Waals surface area contributed by atoms with Gasteiger partial charge in [-0.05, 0) is 42.0 Å². The molecule has 4 rings (SSSR count). The second-order valence-electron chi connectivity index (χ2n) is 6.41. The first-order chi connectivity index (χ1) is 14.7. The van der Waals surface area contributed by atoms with E-state index in [9.17, 15) is 4.79 Å². The van der Waals surface area contributed by atoms with E-state index in [1.807, 2.05) is 18.2 Å². The molecule has 0 aliphatic carbocycles. The van der Waals surface area contributed by atoms with Crippen LogP contribution < -0.4 is 14.8 Å². The molecule has 2 N–H and O–H groups in total. The van der Waals surface area contributed by atoms with Crippen molar-refractivity contribution in [2.75, 3.05) is 14.2 Å². The van der Waals surface area contributed by atoms with Crippen LogP contribution >= 0.6 is 0 Å². The smallest absolute Gasteiger partial charge is 0.255 e. The number of fused-ring (bicyclic) bond motifs is 1. The highest BCUT2D eigenvalue weighted by Gasteiger charge is 2.19. The number of ether oxygens (including phenoxy) is 2. The number of H-pyrrole nitrogens is 1. The molecule has 3 heterocycles. The number of furan rings is 1. The summed E-state index contributed by atoms with van der Waals surface area (Å²) >= 11 is 0. The topological polar surface area (TPSA) is 102 Å². The Morgan fingerprint density at radius 3 is 2.77 bits per heavy atom. The molecule has 0 spiro atoms. The Bertz CT molecular complexity index is 1180. The summed E-state index contributed by atoms with van der Waals surface area (Å²) in [6.45, 7) is 0.287. The lowest BCUT2D eigenvalue weighted by atomic mass is 10.1. The molecule has 0 fully saturated rings. The van der Waals surface area contributed by atoms with Gasteiger partial charge in [0.1, 0.15) is 11.5 Å². The van der Waals surface area contributed by atoms with Crippen LogP contribution in [0.4, 0.5) is 0 Å². The SMILES string of the molecule is COc1ccc(C=Cc2n[nH]c3ccc(C(=O)NCc4ccco4)c(OC)c23)cn1. The van der Waals surface area contributed by atoms with Crippen molar-refractivity contribution in [1.29, 1.82) is 0 Å². The number of nitrogens with zero attached hydrogens (tertiary/aromatic N) is 2. The molecule has 0 atom stereocenters. The highest BCUT2D eigenvalue weighted by atomic mass is 16.5. The van der Waals surface area contributed by atoms with Crippen LogP contribution in [0.5, 0.6) is 11.6 Å². The predicted octanol–water partition coefficient (Wildman–Crippen LogP) is 3.67. The summed E-state index contributed by atoms with van der Waals surface area (Å²) in [4.78, 5) is 16.9. The fourth-order valence-electron chi connectivity index (χ4n) is 3.08. The number of aromatic amines is 1. The summed E-state index contributed by atoms with van der Waals surface area (Å²) in [5, 5.41) is 10.9. The summed E-state index contributed by atoms with van der Waals surface area (Å²) < 4.78 is 15.9. The van der Waals surface area contributed by atoms with Gasteiger partial charge in [-0.3, -0.25) is 9.89 Å². The highest BCUT2D eigenvalue weighted by molar-refractivity contribution is 6.05. The molecule has 0 saturated heterocycles. The van der Waals surface area contributed by atoms with Gasteiger partial charge < -0.3 is 19.2 Å². The third-order valence-electron chi connectivity index (χ3n) is 4.56. The number of rotatable bonds is 7. The van der Waals surface area contributed by atoms with Crippen molar-refractivity contribution in [1.82, 2.24) is 20.5 Å². The molecule has 0 unspecified atom stereocenters. The first-order valence-electron chi connectivity index (χ1n) is 9.23. The minimum absolute atomic E-state index is 0.263. The summed E-state index contributed by atoms with van der Waals surface area (Å²) in [5.74, 6) is 1.40. The van der Waals surface area contributed by atoms with E-state index in [0.29, 0.717) is 28.6 Å². The molecule has 1 amide bonds. The van der Waals surface area contributed by atoms with E-state index >= 15 is 0 Å². The molecular weight excluding hydrogens is 384 g/mol. The second kappa shape index (κ2) is 8.52. The standard InChI is InChI=1S/C22H20N4O4/c1-28-19-10-6-14(12-23-19)5-8-17-20-18(26-25-17)9-7-16(21(20)29-2)22(27)24-13-15-4-3-11-30-15/h3-12H,13H2,1-2H3,(H,24,27)(H,25,26). The molecule has 8 nitrogen and oxygen atoms in total. The number of carbonyl (C=O) groups is 1. The molecule has 0 bridgehead atoms. The third-order valence-corrected chi connectivity index (χ3v) is 4.56. The second-order valence-corrected chi connectivity index (χ2v) is 6.41. The van der Waals surface area contributed by atoms with Gasteiger partial charge in [-0.1, -0.05) is 6.08 Å². The van der Waals surface area contributed by atoms with E-state index < -0.39 is 0 Å². The number of aromatic nitrogens is 3. The van der Waals surface area contributed by atoms with Crippen LogP contribution in [-0.2, 0) is 6.54 Å². The van der Waals surface area contributed by atoms with Gasteiger partial charge in [0, 0.05) is 12.3 Å². The molecule has 3 aromatic heterocycles. The lowest BCUT2D eigenvalue weighted by Crippen LogP contribution is -2.23. The zero-order valence-electron chi connectivity index (χ0n) is 16.5. The van der Waals surface area contributed by atoms with Gasteiger partial charge in [0.25, 0.3) is 5.91 Å². The zero-order chi connectivity index (χ0) is 20.9. The van der Waals surface area contributed by atoms with Gasteiger partial charge in [-0.15, -0.1) is 0 Å². The maximum atomic E-state index is 12.7. The van der Waals surface area contributed by atoms with Gasteiger partial charge in [0.05, 0.1) is 49.2 Å². The number of carbonyl (C=O) groups excluding carboxylic acids is 1. The van der Waals surface area contributed by atoms with Crippen molar-refractivity contribution >= 4 is 29.0 Å². The molecule has 0 radical (unpaired) electrons. The molecule has 0 aliphatic heterocycles. The van der Waals surface area contributed by atoms with Crippen LogP contribution in [0.25, 0.3) is 23.1 Å². The van der Waals surface area contributed by atoms with E-state index in [0.717, 1.165) is 16.5 Å². The monoisotopic (exact) mass is 404 g/mol. The summed E-state index contributed by atoms with van der Waals surface area (Å²) in [7, 11) is 3.11. The Morgan fingerprint density at radius 2 is 2.07 bits per heavy atom. The number of benzene rings is 1. The van der Waals surface area contributed by atoms with E-state index in [1.54, 1.807) is 49.9 Å². The number of nitrogens with one attached hydrogen (secondary N) is 2. The predicted molar refractivity (Wildman–Crippen MR) is 112 cm³/mol. The van der Waals surface area contributed by atoms with Gasteiger partial charge in [-0.2, -0.15) is 5.10 Å². The molecule has 152 valence electrons. The average Bonchev–Trinajstić information content (AvgIpc) is 3.45. The summed E-state index contributed by atoms with van der Waals surface area (Å²) in [6.07, 6.45) is 6.99. The fourth-order valence-corrected chi connectivity index (χ4v) is 3.08. The zero-order valence-corrected chi connectivity index (χ0v) is 16.5. The Hall–Kier alpha value is -4.07. The Labute approximate surface area is 172 Å². The molecule has 0 saturated carbocycles. The highest BCUT2D eigenvalue weighted by Crippen LogP contribution is 2.32. The fraction of sp³-hybridized carbons (Fsp3) is 0.136. The third kappa shape index (κ3) is 3.88. The first kappa shape index (κ1) is 19.3. The Kier molecular flexibility index (Phi) is 5.47. The number of amides is 1. The van der Waals surface area contributed by atoms with Crippen molar-refractivity contribution in [2.45, 2.75) is 6.54 Å². The van der Waals surface area contributed by atoms with Gasteiger partial charge in [0.15, 0.2) is 0 Å². The van der Waals surface area contributed by atoms with Crippen LogP contribution in [0.15, 0.2) is 53.3 Å². The van der Waals surface area contributed by atoms with Crippen molar-refractivity contribution in [3.63, 3.8) is 0 Å². The number of hydrogen-bond donors (Lipinski definition) is 2. The van der Waals surface area contributed by atoms with Crippen LogP contribution in [0.3, 0.4) is 0 Å². The number of pyridine rings is 1. The molecule has 0 aliphatic rings. The Balaban J connectivity index is 1.63. The molecule has 30 heavy (non-hydrogen) atoms. The number of hydrogen-bond acceptors (Lipinski definition) is 6. The van der Waals surface area contributed by atoms with Crippen molar-refractivity contribution in [2.24, 2.45) is 0 Å². The molecule has 1 aromatic carbocycles. The summed E-state index contributed by atoms with van der Waals surface area (Å²) in [5.41, 5.74) is 2.72. The van der Waals surface area contributed by atoms with E-state index in [2.05, 4.69) is 20.5 Å². The van der Waals surface area contributed by atoms with Crippen molar-refractivity contribution < 1.29 is 18.7 Å². The van der Waals surface area contributed by atoms with E-state index in [-0.39, 0.29) is 12.5 Å². The maximum Gasteiger partial charge on any atom is 0.255 e. The average molecular weight is 404 g/mol. The van der Waals surface area contributed by atoms with Crippen LogP contribution in [-0.4, -0.2) is 35.3 Å². The summed E-state index contributed by atoms with van der Waals surface area (Å²) in [6, 6.07) is 10.8. The van der Waals surface area contributed by atoms with Crippen molar-refractivity contribution in [3.05, 3.63) is 71.4 Å². The van der Waals surface area contributed by atoms with E-state index in [1.165, 1.54) is 7.11 Å².